The highest BCUT2D eigenvalue weighted by atomic mass is 32.2. The number of carbonyl (C=O) groups excluding carboxylic acids is 3. The standard InChI is InChI=1S/C24H21N5O8S/c1-37-21-9-5-4-8-19(21)27-38(35,36)15-10-11-18(20(14-15)29(33)34)25-26-22(30)12-13-28-23(31)16-6-2-3-7-17(16)24(28)32/h2-11,14,25,27H,12-13H2,1H3,(H,26,30). The van der Waals surface area contributed by atoms with E-state index < -0.39 is 43.3 Å². The Hall–Kier alpha value is -4.98. The first-order valence-electron chi connectivity index (χ1n) is 11.1. The highest BCUT2D eigenvalue weighted by Gasteiger charge is 2.35. The molecule has 3 N–H and O–H groups in total. The zero-order valence-electron chi connectivity index (χ0n) is 19.8. The number of amides is 3. The van der Waals surface area contributed by atoms with Gasteiger partial charge in [-0.2, -0.15) is 0 Å². The Morgan fingerprint density at radius 1 is 0.974 bits per heavy atom. The number of methoxy groups -OCH3 is 1. The van der Waals surface area contributed by atoms with Crippen molar-refractivity contribution in [1.82, 2.24) is 10.3 Å². The average Bonchev–Trinajstić information content (AvgIpc) is 3.15. The Kier molecular flexibility index (Phi) is 7.25. The molecule has 38 heavy (non-hydrogen) atoms. The molecular weight excluding hydrogens is 518 g/mol. The molecule has 13 nitrogen and oxygen atoms in total. The van der Waals surface area contributed by atoms with Gasteiger partial charge in [0.25, 0.3) is 27.5 Å². The molecular formula is C24H21N5O8S. The summed E-state index contributed by atoms with van der Waals surface area (Å²) in [6, 6.07) is 15.6. The molecule has 0 spiro atoms. The number of nitro benzene ring substituents is 1. The van der Waals surface area contributed by atoms with Gasteiger partial charge in [-0.25, -0.2) is 8.42 Å². The number of nitrogens with one attached hydrogen (secondary N) is 3. The van der Waals surface area contributed by atoms with Gasteiger partial charge in [0.05, 0.1) is 33.7 Å². The van der Waals surface area contributed by atoms with Crippen LogP contribution in [0.5, 0.6) is 5.75 Å². The summed E-state index contributed by atoms with van der Waals surface area (Å²) in [5, 5.41) is 11.6. The topological polar surface area (TPSA) is 177 Å². The fourth-order valence-corrected chi connectivity index (χ4v) is 4.81. The molecule has 0 aliphatic carbocycles. The van der Waals surface area contributed by atoms with E-state index in [1.165, 1.54) is 25.3 Å². The van der Waals surface area contributed by atoms with E-state index in [1.807, 2.05) is 0 Å². The maximum atomic E-state index is 12.8. The lowest BCUT2D eigenvalue weighted by molar-refractivity contribution is -0.384. The Balaban J connectivity index is 1.42. The summed E-state index contributed by atoms with van der Waals surface area (Å²) in [7, 11) is -2.85. The number of sulfonamides is 1. The highest BCUT2D eigenvalue weighted by molar-refractivity contribution is 7.92. The summed E-state index contributed by atoms with van der Waals surface area (Å²) < 4.78 is 33.1. The molecule has 1 aliphatic heterocycles. The third-order valence-electron chi connectivity index (χ3n) is 5.60. The van der Waals surface area contributed by atoms with Crippen molar-refractivity contribution in [1.29, 1.82) is 0 Å². The zero-order valence-corrected chi connectivity index (χ0v) is 20.7. The van der Waals surface area contributed by atoms with Crippen LogP contribution in [-0.2, 0) is 14.8 Å². The number of rotatable bonds is 10. The van der Waals surface area contributed by atoms with E-state index in [1.54, 1.807) is 30.3 Å². The van der Waals surface area contributed by atoms with Crippen molar-refractivity contribution < 1.29 is 32.5 Å². The first-order chi connectivity index (χ1) is 18.1. The summed E-state index contributed by atoms with van der Waals surface area (Å²) in [5.74, 6) is -1.43. The van der Waals surface area contributed by atoms with Gasteiger partial charge in [0, 0.05) is 19.0 Å². The second kappa shape index (κ2) is 10.6. The van der Waals surface area contributed by atoms with Crippen molar-refractivity contribution in [2.24, 2.45) is 0 Å². The molecule has 4 rings (SSSR count). The molecule has 0 atom stereocenters. The number of hydrogen-bond acceptors (Lipinski definition) is 9. The number of imide groups is 1. The van der Waals surface area contributed by atoms with E-state index in [2.05, 4.69) is 15.6 Å². The maximum absolute atomic E-state index is 12.8. The van der Waals surface area contributed by atoms with Crippen LogP contribution in [0, 0.1) is 10.1 Å². The number of anilines is 2. The van der Waals surface area contributed by atoms with Crippen LogP contribution in [-0.4, -0.2) is 49.6 Å². The monoisotopic (exact) mass is 539 g/mol. The van der Waals surface area contributed by atoms with Gasteiger partial charge < -0.3 is 4.74 Å². The van der Waals surface area contributed by atoms with Gasteiger partial charge in [0.15, 0.2) is 0 Å². The van der Waals surface area contributed by atoms with Gasteiger partial charge in [0.1, 0.15) is 11.4 Å². The molecule has 0 fully saturated rings. The molecule has 0 saturated carbocycles. The number of benzene rings is 3. The SMILES string of the molecule is COc1ccccc1NS(=O)(=O)c1ccc(NNC(=O)CCN2C(=O)c3ccccc3C2=O)c([N+](=O)[O-])c1. The lowest BCUT2D eigenvalue weighted by Crippen LogP contribution is -2.36. The smallest absolute Gasteiger partial charge is 0.295 e. The minimum absolute atomic E-state index is 0.144. The third-order valence-corrected chi connectivity index (χ3v) is 6.97. The van der Waals surface area contributed by atoms with Crippen molar-refractivity contribution in [3.63, 3.8) is 0 Å². The van der Waals surface area contributed by atoms with Crippen molar-refractivity contribution in [2.75, 3.05) is 23.8 Å². The van der Waals surface area contributed by atoms with Crippen LogP contribution in [0.15, 0.2) is 71.6 Å². The van der Waals surface area contributed by atoms with Gasteiger partial charge in [-0.3, -0.25) is 45.0 Å². The Bertz CT molecular complexity index is 1520. The van der Waals surface area contributed by atoms with E-state index in [0.29, 0.717) is 0 Å². The van der Waals surface area contributed by atoms with Crippen LogP contribution in [0.3, 0.4) is 0 Å². The number of para-hydroxylation sites is 2. The van der Waals surface area contributed by atoms with Crippen LogP contribution < -0.4 is 20.3 Å². The summed E-state index contributed by atoms with van der Waals surface area (Å²) in [6.45, 7) is -0.201. The number of ether oxygens (including phenoxy) is 1. The minimum Gasteiger partial charge on any atom is -0.495 e. The fourth-order valence-electron chi connectivity index (χ4n) is 3.72. The quantitative estimate of drug-likeness (QED) is 0.198. The van der Waals surface area contributed by atoms with E-state index >= 15 is 0 Å². The van der Waals surface area contributed by atoms with E-state index in [-0.39, 0.29) is 41.2 Å². The molecule has 0 saturated heterocycles. The van der Waals surface area contributed by atoms with Gasteiger partial charge in [0.2, 0.25) is 5.91 Å². The molecule has 0 aromatic heterocycles. The molecule has 14 heteroatoms. The molecule has 3 aromatic carbocycles. The molecule has 3 amide bonds. The zero-order chi connectivity index (χ0) is 27.4. The van der Waals surface area contributed by atoms with Gasteiger partial charge in [-0.05, 0) is 36.4 Å². The number of hydrazine groups is 1. The number of fused-ring (bicyclic) bond motifs is 1. The fraction of sp³-hybridized carbons (Fsp3) is 0.125. The van der Waals surface area contributed by atoms with Crippen LogP contribution in [0.2, 0.25) is 0 Å². The molecule has 0 unspecified atom stereocenters. The first-order valence-corrected chi connectivity index (χ1v) is 12.5. The number of nitro groups is 1. The number of carbonyl (C=O) groups is 3. The van der Waals surface area contributed by atoms with E-state index in [4.69, 9.17) is 4.74 Å². The van der Waals surface area contributed by atoms with Gasteiger partial charge >= 0.3 is 0 Å². The van der Waals surface area contributed by atoms with E-state index in [9.17, 15) is 32.9 Å². The van der Waals surface area contributed by atoms with Crippen molar-refractivity contribution >= 4 is 44.8 Å². The number of nitrogens with zero attached hydrogens (tertiary/aromatic N) is 2. The Morgan fingerprint density at radius 2 is 1.61 bits per heavy atom. The normalized spacial score (nSPS) is 12.6. The predicted octanol–water partition coefficient (Wildman–Crippen LogP) is 2.53. The van der Waals surface area contributed by atoms with Crippen LogP contribution >= 0.6 is 0 Å². The molecule has 3 aromatic rings. The van der Waals surface area contributed by atoms with E-state index in [0.717, 1.165) is 23.1 Å². The predicted molar refractivity (Wildman–Crippen MR) is 135 cm³/mol. The lowest BCUT2D eigenvalue weighted by atomic mass is 10.1. The second-order valence-corrected chi connectivity index (χ2v) is 9.65. The summed E-state index contributed by atoms with van der Waals surface area (Å²) in [4.78, 5) is 48.5. The lowest BCUT2D eigenvalue weighted by Gasteiger charge is -2.15. The Morgan fingerprint density at radius 3 is 2.24 bits per heavy atom. The first kappa shape index (κ1) is 26.1. The van der Waals surface area contributed by atoms with Crippen molar-refractivity contribution in [3.8, 4) is 5.75 Å². The Labute approximate surface area is 216 Å². The average molecular weight is 540 g/mol. The molecule has 0 radical (unpaired) electrons. The van der Waals surface area contributed by atoms with Crippen LogP contribution in [0.4, 0.5) is 17.1 Å². The molecule has 0 bridgehead atoms. The molecule has 196 valence electrons. The summed E-state index contributed by atoms with van der Waals surface area (Å²) >= 11 is 0. The van der Waals surface area contributed by atoms with Crippen molar-refractivity contribution in [3.05, 3.63) is 88.0 Å². The van der Waals surface area contributed by atoms with Crippen molar-refractivity contribution in [2.45, 2.75) is 11.3 Å². The summed E-state index contributed by atoms with van der Waals surface area (Å²) in [6.07, 6.45) is -0.276. The van der Waals surface area contributed by atoms with Crippen LogP contribution in [0.1, 0.15) is 27.1 Å². The largest absolute Gasteiger partial charge is 0.495 e. The molecule has 1 heterocycles. The highest BCUT2D eigenvalue weighted by Crippen LogP contribution is 2.30. The number of hydrogen-bond donors (Lipinski definition) is 3. The third kappa shape index (κ3) is 5.24. The van der Waals surface area contributed by atoms with Crippen LogP contribution in [0.25, 0.3) is 0 Å². The summed E-state index contributed by atoms with van der Waals surface area (Å²) in [5.41, 5.74) is 4.50. The van der Waals surface area contributed by atoms with Gasteiger partial charge in [-0.1, -0.05) is 24.3 Å². The minimum atomic E-state index is -4.22. The van der Waals surface area contributed by atoms with Gasteiger partial charge in [-0.15, -0.1) is 0 Å². The second-order valence-electron chi connectivity index (χ2n) is 7.97. The maximum Gasteiger partial charge on any atom is 0.295 e. The molecule has 1 aliphatic rings.